The Hall–Kier alpha value is -4.10. The second-order valence-corrected chi connectivity index (χ2v) is 9.95. The summed E-state index contributed by atoms with van der Waals surface area (Å²) in [7, 11) is 0. The number of hydrogen-bond donors (Lipinski definition) is 2. The molecule has 1 aromatic carbocycles. The predicted molar refractivity (Wildman–Crippen MR) is 167 cm³/mol. The van der Waals surface area contributed by atoms with Gasteiger partial charge in [-0.15, -0.1) is 5.73 Å². The fraction of sp³-hybridized carbons (Fsp3) is 0.324. The maximum absolute atomic E-state index is 8.90. The molecule has 1 aliphatic heterocycles. The standard InChI is InChI=1S/C29H32N4O.C5H8.2H2/c1-19(2)24-9-10-27(21(4)20(3)13-24)25-14-28-29(33-16-25)34-26(18-32-28)17-31-12-11-22-5-7-23(15-30)8-6-22;1-3-5-4-2;;/h5-10,14,16,19,26,31-32H,11-12,17-18H2,1-4H3;3-5H,1H2,2H3;2*1H/b;5-4-;;/t26-;;;/m1.../s1. The number of hydrogen-bond acceptors (Lipinski definition) is 5. The molecule has 0 spiro atoms. The SMILES string of the molecule is C=C/C=C\C.CC1=C=C(C(C)C)C=CC(c2cnc3c(c2)NC[C@@H](CNCCc2ccc(C#N)cc2)O3)=C1C.[HH].[HH]. The lowest BCUT2D eigenvalue weighted by molar-refractivity contribution is 0.194. The van der Waals surface area contributed by atoms with Gasteiger partial charge in [-0.25, -0.2) is 4.98 Å². The Labute approximate surface area is 237 Å². The largest absolute Gasteiger partial charge is 0.470 e. The fourth-order valence-electron chi connectivity index (χ4n) is 4.24. The van der Waals surface area contributed by atoms with Gasteiger partial charge >= 0.3 is 0 Å². The van der Waals surface area contributed by atoms with Gasteiger partial charge in [0.25, 0.3) is 0 Å². The number of aromatic nitrogens is 1. The molecule has 0 fully saturated rings. The van der Waals surface area contributed by atoms with E-state index in [4.69, 9.17) is 10.00 Å². The zero-order valence-electron chi connectivity index (χ0n) is 23.8. The Kier molecular flexibility index (Phi) is 11.1. The highest BCUT2D eigenvalue weighted by Crippen LogP contribution is 2.33. The lowest BCUT2D eigenvalue weighted by Crippen LogP contribution is -2.40. The molecule has 2 aromatic rings. The zero-order chi connectivity index (χ0) is 28.2. The van der Waals surface area contributed by atoms with E-state index in [0.29, 0.717) is 17.4 Å². The predicted octanol–water partition coefficient (Wildman–Crippen LogP) is 7.67. The molecule has 0 radical (unpaired) electrons. The highest BCUT2D eigenvalue weighted by molar-refractivity contribution is 5.82. The van der Waals surface area contributed by atoms with Crippen molar-refractivity contribution in [3.63, 3.8) is 0 Å². The van der Waals surface area contributed by atoms with Crippen LogP contribution in [-0.2, 0) is 6.42 Å². The minimum atomic E-state index is 0. The monoisotopic (exact) mass is 524 g/mol. The van der Waals surface area contributed by atoms with Crippen LogP contribution in [0.3, 0.4) is 0 Å². The number of nitrogens with one attached hydrogen (secondary N) is 2. The van der Waals surface area contributed by atoms with E-state index in [2.05, 4.69) is 79.9 Å². The normalized spacial score (nSPS) is 16.2. The van der Waals surface area contributed by atoms with Crippen molar-refractivity contribution in [1.82, 2.24) is 10.3 Å². The number of nitriles is 1. The first-order chi connectivity index (χ1) is 18.9. The number of nitrogens with zero attached hydrogens (tertiary/aromatic N) is 2. The van der Waals surface area contributed by atoms with E-state index in [0.717, 1.165) is 42.9 Å². The number of pyridine rings is 1. The maximum atomic E-state index is 8.90. The van der Waals surface area contributed by atoms with E-state index >= 15 is 0 Å². The van der Waals surface area contributed by atoms with Gasteiger partial charge in [0, 0.05) is 21.2 Å². The molecule has 0 unspecified atom stereocenters. The lowest BCUT2D eigenvalue weighted by Gasteiger charge is -2.27. The molecule has 2 aliphatic rings. The van der Waals surface area contributed by atoms with Gasteiger partial charge in [-0.2, -0.15) is 5.26 Å². The Morgan fingerprint density at radius 1 is 1.28 bits per heavy atom. The van der Waals surface area contributed by atoms with Crippen LogP contribution in [0.25, 0.3) is 5.57 Å². The van der Waals surface area contributed by atoms with Gasteiger partial charge in [-0.3, -0.25) is 0 Å². The molecule has 39 heavy (non-hydrogen) atoms. The van der Waals surface area contributed by atoms with Gasteiger partial charge in [0.2, 0.25) is 5.88 Å². The van der Waals surface area contributed by atoms with Crippen molar-refractivity contribution in [2.75, 3.05) is 25.0 Å². The Balaban J connectivity index is 0.00000111. The summed E-state index contributed by atoms with van der Waals surface area (Å²) in [5.74, 6) is 1.09. The zero-order valence-corrected chi connectivity index (χ0v) is 23.8. The highest BCUT2D eigenvalue weighted by Gasteiger charge is 2.21. The van der Waals surface area contributed by atoms with E-state index < -0.39 is 0 Å². The van der Waals surface area contributed by atoms with E-state index in [1.165, 1.54) is 22.3 Å². The Bertz CT molecular complexity index is 1360. The molecule has 0 bridgehead atoms. The lowest BCUT2D eigenvalue weighted by atomic mass is 9.98. The summed E-state index contributed by atoms with van der Waals surface area (Å²) in [6.45, 7) is 16.4. The first kappa shape index (κ1) is 29.5. The third-order valence-electron chi connectivity index (χ3n) is 6.68. The quantitative estimate of drug-likeness (QED) is 0.211. The number of rotatable bonds is 8. The smallest absolute Gasteiger partial charge is 0.237 e. The first-order valence-electron chi connectivity index (χ1n) is 13.6. The average Bonchev–Trinajstić information content (AvgIpc) is 3.10. The van der Waals surface area contributed by atoms with E-state index in [9.17, 15) is 0 Å². The summed E-state index contributed by atoms with van der Waals surface area (Å²) in [5, 5.41) is 15.9. The summed E-state index contributed by atoms with van der Waals surface area (Å²) in [5.41, 5.74) is 12.2. The van der Waals surface area contributed by atoms with Gasteiger partial charge in [0.1, 0.15) is 6.10 Å². The highest BCUT2D eigenvalue weighted by atomic mass is 16.5. The van der Waals surface area contributed by atoms with Crippen molar-refractivity contribution < 1.29 is 7.59 Å². The van der Waals surface area contributed by atoms with Crippen LogP contribution < -0.4 is 15.4 Å². The molecule has 1 atom stereocenters. The summed E-state index contributed by atoms with van der Waals surface area (Å²) in [6.07, 6.45) is 12.8. The van der Waals surface area contributed by atoms with E-state index in [-0.39, 0.29) is 8.96 Å². The minimum absolute atomic E-state index is 0. The van der Waals surface area contributed by atoms with Crippen LogP contribution in [-0.4, -0.2) is 30.7 Å². The van der Waals surface area contributed by atoms with E-state index in [1.807, 2.05) is 49.5 Å². The van der Waals surface area contributed by atoms with Crippen molar-refractivity contribution in [3.05, 3.63) is 113 Å². The molecular formula is C34H44N4O. The summed E-state index contributed by atoms with van der Waals surface area (Å²) >= 11 is 0. The molecule has 2 N–H and O–H groups in total. The second-order valence-electron chi connectivity index (χ2n) is 9.95. The van der Waals surface area contributed by atoms with Crippen molar-refractivity contribution in [2.24, 2.45) is 5.92 Å². The van der Waals surface area contributed by atoms with Gasteiger partial charge in [0.05, 0.1) is 23.9 Å². The molecule has 0 saturated carbocycles. The number of ether oxygens (including phenoxy) is 1. The molecule has 4 rings (SSSR count). The molecule has 5 heteroatoms. The van der Waals surface area contributed by atoms with Crippen LogP contribution in [0.4, 0.5) is 5.69 Å². The fourth-order valence-corrected chi connectivity index (χ4v) is 4.24. The van der Waals surface area contributed by atoms with Crippen LogP contribution in [0.15, 0.2) is 95.9 Å². The van der Waals surface area contributed by atoms with E-state index in [1.54, 1.807) is 6.08 Å². The third kappa shape index (κ3) is 8.45. The van der Waals surface area contributed by atoms with Gasteiger partial charge in [0.15, 0.2) is 0 Å². The topological polar surface area (TPSA) is 70.0 Å². The summed E-state index contributed by atoms with van der Waals surface area (Å²) in [6, 6.07) is 12.0. The second kappa shape index (κ2) is 14.7. The first-order valence-corrected chi connectivity index (χ1v) is 13.6. The maximum Gasteiger partial charge on any atom is 0.237 e. The van der Waals surface area contributed by atoms with Crippen molar-refractivity contribution in [1.29, 1.82) is 5.26 Å². The Morgan fingerprint density at radius 2 is 2.05 bits per heavy atom. The van der Waals surface area contributed by atoms with Crippen LogP contribution in [0.5, 0.6) is 5.88 Å². The Morgan fingerprint density at radius 3 is 2.69 bits per heavy atom. The number of benzene rings is 1. The number of allylic oxidation sites excluding steroid dienone is 8. The van der Waals surface area contributed by atoms with Crippen molar-refractivity contribution >= 4 is 11.3 Å². The minimum Gasteiger partial charge on any atom is -0.470 e. The van der Waals surface area contributed by atoms with Crippen molar-refractivity contribution in [2.45, 2.75) is 47.1 Å². The summed E-state index contributed by atoms with van der Waals surface area (Å²) < 4.78 is 6.15. The van der Waals surface area contributed by atoms with Crippen LogP contribution in [0.2, 0.25) is 0 Å². The summed E-state index contributed by atoms with van der Waals surface area (Å²) in [4.78, 5) is 4.64. The number of fused-ring (bicyclic) bond motifs is 1. The third-order valence-corrected chi connectivity index (χ3v) is 6.68. The molecule has 1 aromatic heterocycles. The molecule has 0 amide bonds. The van der Waals surface area contributed by atoms with Crippen LogP contribution in [0.1, 0.15) is 54.2 Å². The van der Waals surface area contributed by atoms with Crippen LogP contribution in [0, 0.1) is 17.2 Å². The molecule has 1 aliphatic carbocycles. The van der Waals surface area contributed by atoms with Crippen LogP contribution >= 0.6 is 0 Å². The van der Waals surface area contributed by atoms with Gasteiger partial charge in [-0.05, 0) is 85.7 Å². The molecule has 5 nitrogen and oxygen atoms in total. The van der Waals surface area contributed by atoms with Gasteiger partial charge in [-0.1, -0.05) is 62.9 Å². The molecule has 2 heterocycles. The average molecular weight is 525 g/mol. The number of anilines is 1. The molecule has 206 valence electrons. The van der Waals surface area contributed by atoms with Gasteiger partial charge < -0.3 is 15.4 Å². The molecule has 0 saturated heterocycles. The molecular weight excluding hydrogens is 480 g/mol. The van der Waals surface area contributed by atoms with Crippen molar-refractivity contribution in [3.8, 4) is 11.9 Å².